The quantitative estimate of drug-likeness (QED) is 0.165. The Balaban J connectivity index is 1.71. The minimum atomic E-state index is -0.916. The smallest absolute Gasteiger partial charge is 0.319 e. The van der Waals surface area contributed by atoms with E-state index in [1.54, 1.807) is 19.1 Å². The van der Waals surface area contributed by atoms with Crippen molar-refractivity contribution in [3.05, 3.63) is 96.3 Å². The van der Waals surface area contributed by atoms with Crippen LogP contribution < -0.4 is 11.0 Å². The van der Waals surface area contributed by atoms with Gasteiger partial charge in [0, 0.05) is 11.5 Å². The largest absolute Gasteiger partial charge is 0.430 e. The standard InChI is InChI=1S/C22H14ClN7O7/c1-12-17(20(23)28(27-12)14-5-3-2-4-6-14)10-25-26-21(32)16-8-13-7-15(29(33)34)9-18(30(35)36)19(13)37-22(16)24-11-31/h2-11H,1H3,(H,26,32). The number of aryl methyl sites for hydroxylation is 1. The van der Waals surface area contributed by atoms with Crippen LogP contribution >= 0.6 is 11.6 Å². The topological polar surface area (TPSA) is 188 Å². The summed E-state index contributed by atoms with van der Waals surface area (Å²) in [4.78, 5) is 48.1. The van der Waals surface area contributed by atoms with Crippen molar-refractivity contribution in [3.8, 4) is 5.69 Å². The fourth-order valence-corrected chi connectivity index (χ4v) is 3.69. The minimum Gasteiger partial charge on any atom is -0.430 e. The number of nitro benzene ring substituents is 2. The van der Waals surface area contributed by atoms with Crippen molar-refractivity contribution in [2.75, 3.05) is 0 Å². The molecular weight excluding hydrogens is 510 g/mol. The van der Waals surface area contributed by atoms with Gasteiger partial charge >= 0.3 is 5.69 Å². The number of nitro groups is 2. The highest BCUT2D eigenvalue weighted by molar-refractivity contribution is 6.32. The van der Waals surface area contributed by atoms with E-state index >= 15 is 0 Å². The number of rotatable bonds is 7. The number of non-ortho nitro benzene ring substituents is 2. The van der Waals surface area contributed by atoms with Crippen molar-refractivity contribution in [2.24, 2.45) is 10.1 Å². The maximum atomic E-state index is 12.8. The second-order valence-corrected chi connectivity index (χ2v) is 7.69. The van der Waals surface area contributed by atoms with Crippen LogP contribution in [-0.4, -0.2) is 38.2 Å². The van der Waals surface area contributed by atoms with Crippen molar-refractivity contribution in [1.29, 1.82) is 0 Å². The van der Waals surface area contributed by atoms with E-state index in [1.807, 2.05) is 18.2 Å². The zero-order chi connectivity index (χ0) is 26.7. The maximum Gasteiger partial charge on any atom is 0.319 e. The first kappa shape index (κ1) is 24.9. The molecule has 0 bridgehead atoms. The van der Waals surface area contributed by atoms with E-state index in [1.165, 1.54) is 10.9 Å². The lowest BCUT2D eigenvalue weighted by Gasteiger charge is -2.04. The van der Waals surface area contributed by atoms with E-state index in [4.69, 9.17) is 16.0 Å². The van der Waals surface area contributed by atoms with E-state index in [0.717, 1.165) is 12.1 Å². The lowest BCUT2D eigenvalue weighted by molar-refractivity contribution is -0.393. The highest BCUT2D eigenvalue weighted by Crippen LogP contribution is 2.30. The third kappa shape index (κ3) is 4.94. The van der Waals surface area contributed by atoms with E-state index in [9.17, 15) is 29.8 Å². The summed E-state index contributed by atoms with van der Waals surface area (Å²) in [5.41, 5.74) is 1.20. The SMILES string of the molecule is Cc1nn(-c2ccccc2)c(Cl)c1C=NNC(=O)c1cc2cc([N+](=O)[O-])cc([N+](=O)[O-])c2oc1=NC=O. The molecule has 2 amide bonds. The molecule has 0 fully saturated rings. The number of fused-ring (bicyclic) bond motifs is 1. The van der Waals surface area contributed by atoms with Crippen molar-refractivity contribution in [1.82, 2.24) is 15.2 Å². The van der Waals surface area contributed by atoms with Gasteiger partial charge in [-0.15, -0.1) is 0 Å². The Hall–Kier alpha value is -5.24. The van der Waals surface area contributed by atoms with Crippen LogP contribution in [0.15, 0.2) is 63.0 Å². The molecule has 2 aromatic heterocycles. The van der Waals surface area contributed by atoms with E-state index in [-0.39, 0.29) is 22.5 Å². The number of carbonyl (C=O) groups excluding carboxylic acids is 2. The van der Waals surface area contributed by atoms with Gasteiger partial charge in [-0.1, -0.05) is 29.8 Å². The molecule has 0 aliphatic heterocycles. The number of nitrogens with one attached hydrogen (secondary N) is 1. The fourth-order valence-electron chi connectivity index (χ4n) is 3.37. The highest BCUT2D eigenvalue weighted by atomic mass is 35.5. The number of hydrazone groups is 1. The minimum absolute atomic E-state index is 0.0725. The molecule has 0 spiro atoms. The monoisotopic (exact) mass is 523 g/mol. The maximum absolute atomic E-state index is 12.8. The number of hydrogen-bond acceptors (Lipinski definition) is 9. The molecule has 14 nitrogen and oxygen atoms in total. The summed E-state index contributed by atoms with van der Waals surface area (Å²) in [6.45, 7) is 1.69. The first-order chi connectivity index (χ1) is 17.7. The Labute approximate surface area is 210 Å². The van der Waals surface area contributed by atoms with Crippen LogP contribution in [0.25, 0.3) is 16.7 Å². The Bertz CT molecular complexity index is 1680. The van der Waals surface area contributed by atoms with E-state index in [2.05, 4.69) is 20.6 Å². The molecule has 2 heterocycles. The summed E-state index contributed by atoms with van der Waals surface area (Å²) in [5, 5.41) is 30.9. The van der Waals surface area contributed by atoms with Gasteiger partial charge in [-0.3, -0.25) is 29.8 Å². The average Bonchev–Trinajstić information content (AvgIpc) is 3.16. The van der Waals surface area contributed by atoms with Crippen LogP contribution in [0.5, 0.6) is 0 Å². The van der Waals surface area contributed by atoms with Gasteiger partial charge in [0.05, 0.1) is 39.1 Å². The van der Waals surface area contributed by atoms with Crippen molar-refractivity contribution >= 4 is 52.5 Å². The molecule has 186 valence electrons. The summed E-state index contributed by atoms with van der Waals surface area (Å²) in [5.74, 6) is -0.916. The molecule has 4 aromatic rings. The van der Waals surface area contributed by atoms with Crippen molar-refractivity contribution < 1.29 is 23.9 Å². The summed E-state index contributed by atoms with van der Waals surface area (Å²) >= 11 is 6.43. The molecule has 0 unspecified atom stereocenters. The van der Waals surface area contributed by atoms with Gasteiger partial charge in [-0.2, -0.15) is 15.2 Å². The summed E-state index contributed by atoms with van der Waals surface area (Å²) in [7, 11) is 0. The van der Waals surface area contributed by atoms with Crippen LogP contribution in [0.1, 0.15) is 21.6 Å². The van der Waals surface area contributed by atoms with E-state index < -0.39 is 38.3 Å². The highest BCUT2D eigenvalue weighted by Gasteiger charge is 2.24. The molecule has 0 atom stereocenters. The first-order valence-electron chi connectivity index (χ1n) is 10.2. The van der Waals surface area contributed by atoms with Crippen LogP contribution in [0, 0.1) is 27.2 Å². The molecule has 0 aliphatic carbocycles. The molecule has 0 radical (unpaired) electrons. The van der Waals surface area contributed by atoms with Crippen LogP contribution in [-0.2, 0) is 4.79 Å². The number of aromatic nitrogens is 2. The second-order valence-electron chi connectivity index (χ2n) is 7.33. The zero-order valence-corrected chi connectivity index (χ0v) is 19.4. The number of halogens is 1. The first-order valence-corrected chi connectivity index (χ1v) is 10.6. The summed E-state index contributed by atoms with van der Waals surface area (Å²) < 4.78 is 6.82. The third-order valence-electron chi connectivity index (χ3n) is 5.04. The van der Waals surface area contributed by atoms with Crippen LogP contribution in [0.3, 0.4) is 0 Å². The second kappa shape index (κ2) is 10.2. The zero-order valence-electron chi connectivity index (χ0n) is 18.7. The Morgan fingerprint density at radius 2 is 1.89 bits per heavy atom. The molecule has 2 aromatic carbocycles. The third-order valence-corrected chi connectivity index (χ3v) is 5.41. The lowest BCUT2D eigenvalue weighted by atomic mass is 10.1. The average molecular weight is 524 g/mol. The number of benzene rings is 2. The molecule has 0 saturated carbocycles. The van der Waals surface area contributed by atoms with Gasteiger partial charge in [-0.05, 0) is 25.1 Å². The number of nitrogens with zero attached hydrogens (tertiary/aromatic N) is 6. The molecule has 37 heavy (non-hydrogen) atoms. The molecule has 1 N–H and O–H groups in total. The summed E-state index contributed by atoms with van der Waals surface area (Å²) in [6.07, 6.45) is 1.33. The van der Waals surface area contributed by atoms with Crippen molar-refractivity contribution in [3.63, 3.8) is 0 Å². The van der Waals surface area contributed by atoms with Gasteiger partial charge in [0.15, 0.2) is 0 Å². The molecule has 0 aliphatic rings. The van der Waals surface area contributed by atoms with Crippen LogP contribution in [0.4, 0.5) is 11.4 Å². The molecule has 4 rings (SSSR count). The number of carbonyl (C=O) groups is 2. The predicted molar refractivity (Wildman–Crippen MR) is 130 cm³/mol. The normalized spacial score (nSPS) is 11.7. The van der Waals surface area contributed by atoms with Gasteiger partial charge in [0.25, 0.3) is 11.6 Å². The van der Waals surface area contributed by atoms with E-state index in [0.29, 0.717) is 23.0 Å². The molecule has 15 heteroatoms. The Kier molecular flexibility index (Phi) is 6.84. The van der Waals surface area contributed by atoms with Crippen LogP contribution in [0.2, 0.25) is 5.15 Å². The van der Waals surface area contributed by atoms with Gasteiger partial charge in [0.1, 0.15) is 10.7 Å². The van der Waals surface area contributed by atoms with Gasteiger partial charge in [0.2, 0.25) is 17.5 Å². The number of hydrogen-bond donors (Lipinski definition) is 1. The Morgan fingerprint density at radius 3 is 2.54 bits per heavy atom. The fraction of sp³-hybridized carbons (Fsp3) is 0.0455. The Morgan fingerprint density at radius 1 is 1.16 bits per heavy atom. The molecular formula is C22H14ClN7O7. The lowest BCUT2D eigenvalue weighted by Crippen LogP contribution is -2.25. The molecule has 0 saturated heterocycles. The number of amides is 2. The van der Waals surface area contributed by atoms with Crippen molar-refractivity contribution in [2.45, 2.75) is 6.92 Å². The van der Waals surface area contributed by atoms with Gasteiger partial charge in [-0.25, -0.2) is 10.1 Å². The summed E-state index contributed by atoms with van der Waals surface area (Å²) in [6, 6.07) is 11.8. The predicted octanol–water partition coefficient (Wildman–Crippen LogP) is 3.22. The van der Waals surface area contributed by atoms with Gasteiger partial charge < -0.3 is 4.42 Å². The number of para-hydroxylation sites is 1.